The number of aliphatic hydroxyl groups is 1. The molecule has 0 aromatic heterocycles. The van der Waals surface area contributed by atoms with Gasteiger partial charge in [0.2, 0.25) is 0 Å². The molecule has 0 spiro atoms. The summed E-state index contributed by atoms with van der Waals surface area (Å²) in [5.74, 6) is -0.280. The number of nitrogens with zero attached hydrogens (tertiary/aromatic N) is 1. The van der Waals surface area contributed by atoms with Crippen LogP contribution in [-0.4, -0.2) is 11.7 Å². The Labute approximate surface area is 123 Å². The molecule has 106 valence electrons. The van der Waals surface area contributed by atoms with Crippen molar-refractivity contribution in [3.8, 4) is 0 Å². The minimum absolute atomic E-state index is 0.280. The largest absolute Gasteiger partial charge is 0.389 e. The van der Waals surface area contributed by atoms with Crippen LogP contribution in [-0.2, 0) is 0 Å². The molecule has 0 heterocycles. The molecular formula is C16H17ClFNO. The summed E-state index contributed by atoms with van der Waals surface area (Å²) in [5.41, 5.74) is 2.30. The lowest BCUT2D eigenvalue weighted by atomic mass is 10.1. The second kappa shape index (κ2) is 6.25. The van der Waals surface area contributed by atoms with Crippen LogP contribution in [0.15, 0.2) is 42.5 Å². The maximum Gasteiger partial charge on any atom is 0.125 e. The SMILES string of the molecule is CCN(c1cccc(F)c1)c1ccc([C@H](C)O)cc1Cl. The monoisotopic (exact) mass is 293 g/mol. The Morgan fingerprint density at radius 3 is 2.55 bits per heavy atom. The number of hydrogen-bond donors (Lipinski definition) is 1. The Morgan fingerprint density at radius 2 is 2.00 bits per heavy atom. The smallest absolute Gasteiger partial charge is 0.125 e. The van der Waals surface area contributed by atoms with Gasteiger partial charge in [0.1, 0.15) is 5.82 Å². The summed E-state index contributed by atoms with van der Waals surface area (Å²) in [6.07, 6.45) is -0.564. The van der Waals surface area contributed by atoms with Gasteiger partial charge in [-0.3, -0.25) is 0 Å². The van der Waals surface area contributed by atoms with Gasteiger partial charge in [-0.1, -0.05) is 23.7 Å². The molecule has 4 heteroatoms. The zero-order valence-electron chi connectivity index (χ0n) is 11.5. The second-order valence-electron chi connectivity index (χ2n) is 4.61. The Bertz CT molecular complexity index is 601. The molecular weight excluding hydrogens is 277 g/mol. The molecule has 0 radical (unpaired) electrons. The summed E-state index contributed by atoms with van der Waals surface area (Å²) in [5, 5.41) is 10.1. The summed E-state index contributed by atoms with van der Waals surface area (Å²) in [6, 6.07) is 11.8. The lowest BCUT2D eigenvalue weighted by molar-refractivity contribution is 0.199. The average Bonchev–Trinajstić information content (AvgIpc) is 2.41. The van der Waals surface area contributed by atoms with E-state index in [1.165, 1.54) is 12.1 Å². The fourth-order valence-corrected chi connectivity index (χ4v) is 2.43. The van der Waals surface area contributed by atoms with Crippen molar-refractivity contribution in [3.05, 3.63) is 58.9 Å². The molecule has 0 bridgehead atoms. The Balaban J connectivity index is 2.42. The zero-order valence-corrected chi connectivity index (χ0v) is 12.2. The van der Waals surface area contributed by atoms with E-state index in [0.717, 1.165) is 16.9 Å². The minimum Gasteiger partial charge on any atom is -0.389 e. The molecule has 0 fully saturated rings. The number of halogens is 2. The standard InChI is InChI=1S/C16H17ClFNO/c1-3-19(14-6-4-5-13(18)10-14)16-8-7-12(11(2)20)9-15(16)17/h4-11,20H,3H2,1-2H3/t11-/m0/s1. The van der Waals surface area contributed by atoms with Crippen LogP contribution in [0.2, 0.25) is 5.02 Å². The Kier molecular flexibility index (Phi) is 4.63. The molecule has 0 amide bonds. The Hall–Kier alpha value is -1.58. The number of aliphatic hydroxyl groups excluding tert-OH is 1. The van der Waals surface area contributed by atoms with E-state index in [-0.39, 0.29) is 5.82 Å². The Morgan fingerprint density at radius 1 is 1.25 bits per heavy atom. The van der Waals surface area contributed by atoms with Crippen LogP contribution < -0.4 is 4.90 Å². The number of rotatable bonds is 4. The van der Waals surface area contributed by atoms with Crippen LogP contribution in [0.5, 0.6) is 0 Å². The normalized spacial score (nSPS) is 12.2. The number of benzene rings is 2. The lowest BCUT2D eigenvalue weighted by Crippen LogP contribution is -2.16. The first kappa shape index (κ1) is 14.8. The molecule has 0 aliphatic heterocycles. The first-order valence-corrected chi connectivity index (χ1v) is 6.91. The minimum atomic E-state index is -0.564. The van der Waals surface area contributed by atoms with Crippen molar-refractivity contribution in [2.75, 3.05) is 11.4 Å². The van der Waals surface area contributed by atoms with Gasteiger partial charge in [-0.25, -0.2) is 4.39 Å². The fourth-order valence-electron chi connectivity index (χ4n) is 2.14. The molecule has 0 saturated carbocycles. The van der Waals surface area contributed by atoms with Crippen molar-refractivity contribution < 1.29 is 9.50 Å². The highest BCUT2D eigenvalue weighted by Gasteiger charge is 2.13. The van der Waals surface area contributed by atoms with E-state index in [2.05, 4.69) is 0 Å². The quantitative estimate of drug-likeness (QED) is 0.884. The predicted octanol–water partition coefficient (Wildman–Crippen LogP) is 4.69. The van der Waals surface area contributed by atoms with Crippen molar-refractivity contribution in [3.63, 3.8) is 0 Å². The highest BCUT2D eigenvalue weighted by molar-refractivity contribution is 6.33. The van der Waals surface area contributed by atoms with Gasteiger partial charge in [-0.05, 0) is 49.7 Å². The second-order valence-corrected chi connectivity index (χ2v) is 5.02. The van der Waals surface area contributed by atoms with Gasteiger partial charge in [0.15, 0.2) is 0 Å². The molecule has 0 unspecified atom stereocenters. The molecule has 2 rings (SSSR count). The predicted molar refractivity (Wildman–Crippen MR) is 81.2 cm³/mol. The molecule has 0 saturated heterocycles. The highest BCUT2D eigenvalue weighted by atomic mass is 35.5. The van der Waals surface area contributed by atoms with Crippen LogP contribution in [0.1, 0.15) is 25.5 Å². The van der Waals surface area contributed by atoms with Gasteiger partial charge in [-0.15, -0.1) is 0 Å². The summed E-state index contributed by atoms with van der Waals surface area (Å²) < 4.78 is 13.4. The lowest BCUT2D eigenvalue weighted by Gasteiger charge is -2.25. The molecule has 1 N–H and O–H groups in total. The molecule has 2 aromatic rings. The van der Waals surface area contributed by atoms with E-state index in [0.29, 0.717) is 11.6 Å². The molecule has 0 aliphatic rings. The molecule has 1 atom stereocenters. The van der Waals surface area contributed by atoms with Gasteiger partial charge < -0.3 is 10.0 Å². The first-order chi connectivity index (χ1) is 9.52. The van der Waals surface area contributed by atoms with Crippen LogP contribution in [0, 0.1) is 5.82 Å². The summed E-state index contributed by atoms with van der Waals surface area (Å²) in [7, 11) is 0. The third-order valence-corrected chi connectivity index (χ3v) is 3.48. The highest BCUT2D eigenvalue weighted by Crippen LogP contribution is 2.33. The summed E-state index contributed by atoms with van der Waals surface area (Å²) >= 11 is 6.29. The topological polar surface area (TPSA) is 23.5 Å². The van der Waals surface area contributed by atoms with Crippen molar-refractivity contribution in [2.45, 2.75) is 20.0 Å². The number of hydrogen-bond acceptors (Lipinski definition) is 2. The average molecular weight is 294 g/mol. The van der Waals surface area contributed by atoms with Crippen LogP contribution in [0.3, 0.4) is 0 Å². The van der Waals surface area contributed by atoms with Gasteiger partial charge in [0.25, 0.3) is 0 Å². The van der Waals surface area contributed by atoms with Crippen molar-refractivity contribution in [1.82, 2.24) is 0 Å². The van der Waals surface area contributed by atoms with E-state index in [4.69, 9.17) is 11.6 Å². The fraction of sp³-hybridized carbons (Fsp3) is 0.250. The van der Waals surface area contributed by atoms with E-state index in [9.17, 15) is 9.50 Å². The van der Waals surface area contributed by atoms with E-state index in [1.807, 2.05) is 30.0 Å². The summed E-state index contributed by atoms with van der Waals surface area (Å²) in [4.78, 5) is 1.93. The van der Waals surface area contributed by atoms with Crippen molar-refractivity contribution in [1.29, 1.82) is 0 Å². The van der Waals surface area contributed by atoms with E-state index < -0.39 is 6.10 Å². The van der Waals surface area contributed by atoms with Gasteiger partial charge in [0.05, 0.1) is 16.8 Å². The van der Waals surface area contributed by atoms with Crippen molar-refractivity contribution in [2.24, 2.45) is 0 Å². The summed E-state index contributed by atoms with van der Waals surface area (Å²) in [6.45, 7) is 4.33. The third kappa shape index (κ3) is 3.11. The van der Waals surface area contributed by atoms with E-state index in [1.54, 1.807) is 19.1 Å². The number of anilines is 2. The zero-order chi connectivity index (χ0) is 14.7. The third-order valence-electron chi connectivity index (χ3n) is 3.18. The van der Waals surface area contributed by atoms with Gasteiger partial charge in [0, 0.05) is 12.2 Å². The molecule has 0 aliphatic carbocycles. The molecule has 2 nitrogen and oxygen atoms in total. The maximum atomic E-state index is 13.4. The van der Waals surface area contributed by atoms with E-state index >= 15 is 0 Å². The maximum absolute atomic E-state index is 13.4. The van der Waals surface area contributed by atoms with Crippen LogP contribution >= 0.6 is 11.6 Å². The van der Waals surface area contributed by atoms with Crippen LogP contribution in [0.25, 0.3) is 0 Å². The molecule has 2 aromatic carbocycles. The van der Waals surface area contributed by atoms with Crippen molar-refractivity contribution >= 4 is 23.0 Å². The van der Waals surface area contributed by atoms with Crippen LogP contribution in [0.4, 0.5) is 15.8 Å². The first-order valence-electron chi connectivity index (χ1n) is 6.53. The molecule has 20 heavy (non-hydrogen) atoms. The van der Waals surface area contributed by atoms with Gasteiger partial charge >= 0.3 is 0 Å². The van der Waals surface area contributed by atoms with Gasteiger partial charge in [-0.2, -0.15) is 0 Å².